The molecule has 0 aliphatic rings. The molecule has 0 atom stereocenters. The smallest absolute Gasteiger partial charge is 0.191 e. The zero-order chi connectivity index (χ0) is 19.1. The number of hydrogen-bond donors (Lipinski definition) is 2. The number of halogens is 1. The van der Waals surface area contributed by atoms with Crippen LogP contribution in [0.25, 0.3) is 5.69 Å². The van der Waals surface area contributed by atoms with E-state index in [0.717, 1.165) is 43.3 Å². The van der Waals surface area contributed by atoms with Gasteiger partial charge in [-0.1, -0.05) is 18.2 Å². The molecule has 2 aromatic heterocycles. The first kappa shape index (κ1) is 22.4. The Hall–Kier alpha value is -1.94. The van der Waals surface area contributed by atoms with Crippen molar-refractivity contribution in [3.8, 4) is 5.69 Å². The van der Waals surface area contributed by atoms with Gasteiger partial charge in [0, 0.05) is 37.6 Å². The molecule has 0 aliphatic carbocycles. The van der Waals surface area contributed by atoms with Gasteiger partial charge in [-0.25, -0.2) is 9.67 Å². The summed E-state index contributed by atoms with van der Waals surface area (Å²) in [5, 5.41) is 12.3. The maximum Gasteiger partial charge on any atom is 0.191 e. The van der Waals surface area contributed by atoms with E-state index in [1.54, 1.807) is 18.4 Å². The lowest BCUT2D eigenvalue weighted by atomic mass is 10.2. The second-order valence-corrected chi connectivity index (χ2v) is 7.59. The van der Waals surface area contributed by atoms with Crippen LogP contribution in [0.5, 0.6) is 0 Å². The lowest BCUT2D eigenvalue weighted by molar-refractivity contribution is 0.781. The van der Waals surface area contributed by atoms with E-state index in [-0.39, 0.29) is 24.0 Å². The molecule has 0 spiro atoms. The average Bonchev–Trinajstić information content (AvgIpc) is 3.28. The molecule has 0 radical (unpaired) electrons. The quantitative estimate of drug-likeness (QED) is 0.290. The summed E-state index contributed by atoms with van der Waals surface area (Å²) in [6.07, 6.45) is 5.78. The maximum absolute atomic E-state index is 4.57. The van der Waals surface area contributed by atoms with Gasteiger partial charge >= 0.3 is 0 Å². The van der Waals surface area contributed by atoms with Crippen molar-refractivity contribution in [3.05, 3.63) is 63.9 Å². The lowest BCUT2D eigenvalue weighted by Gasteiger charge is -2.10. The van der Waals surface area contributed by atoms with Crippen molar-refractivity contribution >= 4 is 41.3 Å². The zero-order valence-electron chi connectivity index (χ0n) is 16.5. The Morgan fingerprint density at radius 2 is 1.82 bits per heavy atom. The van der Waals surface area contributed by atoms with Gasteiger partial charge in [-0.05, 0) is 38.0 Å². The Morgan fingerprint density at radius 1 is 1.11 bits per heavy atom. The highest BCUT2D eigenvalue weighted by Crippen LogP contribution is 2.16. The Bertz CT molecular complexity index is 868. The molecule has 0 saturated heterocycles. The second kappa shape index (κ2) is 11.2. The normalized spacial score (nSPS) is 11.2. The molecule has 8 heteroatoms. The first-order valence-corrected chi connectivity index (χ1v) is 9.94. The summed E-state index contributed by atoms with van der Waals surface area (Å²) >= 11 is 1.77. The SMILES string of the molecule is CN=C(NCCc1cnn(-c2ccccc2)c1)NCCc1nc(C)c(C)s1.I. The van der Waals surface area contributed by atoms with E-state index in [2.05, 4.69) is 45.8 Å². The third-order valence-electron chi connectivity index (χ3n) is 4.29. The van der Waals surface area contributed by atoms with Gasteiger partial charge < -0.3 is 10.6 Å². The van der Waals surface area contributed by atoms with Gasteiger partial charge in [-0.3, -0.25) is 4.99 Å². The first-order valence-electron chi connectivity index (χ1n) is 9.12. The molecular weight excluding hydrogens is 483 g/mol. The van der Waals surface area contributed by atoms with Crippen molar-refractivity contribution < 1.29 is 0 Å². The highest BCUT2D eigenvalue weighted by atomic mass is 127. The van der Waals surface area contributed by atoms with E-state index in [4.69, 9.17) is 0 Å². The molecule has 0 bridgehead atoms. The number of guanidine groups is 1. The molecule has 28 heavy (non-hydrogen) atoms. The molecule has 0 fully saturated rings. The van der Waals surface area contributed by atoms with Crippen LogP contribution in [0.1, 0.15) is 21.1 Å². The van der Waals surface area contributed by atoms with Crippen LogP contribution in [0.2, 0.25) is 0 Å². The van der Waals surface area contributed by atoms with Gasteiger partial charge in [0.05, 0.1) is 22.6 Å². The summed E-state index contributed by atoms with van der Waals surface area (Å²) < 4.78 is 1.90. The molecule has 0 saturated carbocycles. The number of nitrogens with zero attached hydrogens (tertiary/aromatic N) is 4. The number of nitrogens with one attached hydrogen (secondary N) is 2. The Balaban J connectivity index is 0.00000280. The van der Waals surface area contributed by atoms with Gasteiger partial charge in [0.25, 0.3) is 0 Å². The molecule has 0 unspecified atom stereocenters. The predicted molar refractivity (Wildman–Crippen MR) is 127 cm³/mol. The van der Waals surface area contributed by atoms with Gasteiger partial charge in [0.2, 0.25) is 0 Å². The number of benzene rings is 1. The van der Waals surface area contributed by atoms with Gasteiger partial charge in [0.15, 0.2) is 5.96 Å². The van der Waals surface area contributed by atoms with Crippen LogP contribution in [0.15, 0.2) is 47.7 Å². The monoisotopic (exact) mass is 510 g/mol. The highest BCUT2D eigenvalue weighted by molar-refractivity contribution is 14.0. The van der Waals surface area contributed by atoms with Crippen LogP contribution in [0.4, 0.5) is 0 Å². The van der Waals surface area contributed by atoms with Crippen molar-refractivity contribution in [2.24, 2.45) is 4.99 Å². The third-order valence-corrected chi connectivity index (χ3v) is 5.42. The van der Waals surface area contributed by atoms with Crippen molar-refractivity contribution in [2.45, 2.75) is 26.7 Å². The fourth-order valence-corrected chi connectivity index (χ4v) is 3.62. The molecule has 1 aromatic carbocycles. The summed E-state index contributed by atoms with van der Waals surface area (Å²) in [5.41, 5.74) is 3.39. The van der Waals surface area contributed by atoms with Crippen LogP contribution in [-0.4, -0.2) is 40.9 Å². The largest absolute Gasteiger partial charge is 0.356 e. The van der Waals surface area contributed by atoms with Gasteiger partial charge in [-0.2, -0.15) is 5.10 Å². The summed E-state index contributed by atoms with van der Waals surface area (Å²) in [7, 11) is 1.79. The van der Waals surface area contributed by atoms with Crippen LogP contribution < -0.4 is 10.6 Å². The molecule has 150 valence electrons. The second-order valence-electron chi connectivity index (χ2n) is 6.30. The van der Waals surface area contributed by atoms with Crippen LogP contribution in [0.3, 0.4) is 0 Å². The Morgan fingerprint density at radius 3 is 2.46 bits per heavy atom. The number of hydrogen-bond acceptors (Lipinski definition) is 4. The number of aromatic nitrogens is 3. The highest BCUT2D eigenvalue weighted by Gasteiger charge is 2.05. The molecule has 6 nitrogen and oxygen atoms in total. The van der Waals surface area contributed by atoms with E-state index in [9.17, 15) is 0 Å². The number of rotatable bonds is 7. The number of para-hydroxylation sites is 1. The van der Waals surface area contributed by atoms with E-state index in [0.29, 0.717) is 0 Å². The summed E-state index contributed by atoms with van der Waals surface area (Å²) in [6.45, 7) is 5.79. The van der Waals surface area contributed by atoms with Crippen LogP contribution in [-0.2, 0) is 12.8 Å². The van der Waals surface area contributed by atoms with E-state index < -0.39 is 0 Å². The number of aliphatic imine (C=N–C) groups is 1. The molecule has 2 heterocycles. The number of thiazole rings is 1. The molecule has 3 rings (SSSR count). The van der Waals surface area contributed by atoms with Crippen molar-refractivity contribution in [1.29, 1.82) is 0 Å². The summed E-state index contributed by atoms with van der Waals surface area (Å²) in [6, 6.07) is 10.1. The zero-order valence-corrected chi connectivity index (χ0v) is 19.6. The van der Waals surface area contributed by atoms with E-state index in [1.807, 2.05) is 41.2 Å². The van der Waals surface area contributed by atoms with Crippen molar-refractivity contribution in [3.63, 3.8) is 0 Å². The minimum Gasteiger partial charge on any atom is -0.356 e. The molecule has 0 amide bonds. The van der Waals surface area contributed by atoms with E-state index in [1.165, 1.54) is 15.4 Å². The molecular formula is C20H27IN6S. The minimum atomic E-state index is 0. The average molecular weight is 510 g/mol. The predicted octanol–water partition coefficient (Wildman–Crippen LogP) is 3.51. The topological polar surface area (TPSA) is 67.1 Å². The number of aryl methyl sites for hydroxylation is 2. The Labute approximate surface area is 187 Å². The summed E-state index contributed by atoms with van der Waals surface area (Å²) in [5.74, 6) is 0.815. The van der Waals surface area contributed by atoms with E-state index >= 15 is 0 Å². The molecule has 3 aromatic rings. The molecule has 2 N–H and O–H groups in total. The fraction of sp³-hybridized carbons (Fsp3) is 0.350. The first-order chi connectivity index (χ1) is 13.2. The minimum absolute atomic E-state index is 0. The van der Waals surface area contributed by atoms with Gasteiger partial charge in [0.1, 0.15) is 0 Å². The third kappa shape index (κ3) is 6.30. The van der Waals surface area contributed by atoms with Gasteiger partial charge in [-0.15, -0.1) is 35.3 Å². The Kier molecular flexibility index (Phi) is 8.91. The molecule has 0 aliphatic heterocycles. The lowest BCUT2D eigenvalue weighted by Crippen LogP contribution is -2.39. The van der Waals surface area contributed by atoms with Crippen LogP contribution in [0, 0.1) is 13.8 Å². The fourth-order valence-electron chi connectivity index (χ4n) is 2.69. The maximum atomic E-state index is 4.57. The van der Waals surface area contributed by atoms with Crippen LogP contribution >= 0.6 is 35.3 Å². The van der Waals surface area contributed by atoms with Crippen molar-refractivity contribution in [2.75, 3.05) is 20.1 Å². The van der Waals surface area contributed by atoms with Crippen molar-refractivity contribution in [1.82, 2.24) is 25.4 Å². The standard InChI is InChI=1S/C20H26N6S.HI/c1-15-16(2)27-19(25-15)10-12-23-20(21-3)22-11-9-17-13-24-26(14-17)18-7-5-4-6-8-18;/h4-8,13-14H,9-12H2,1-3H3,(H2,21,22,23);1H. The summed E-state index contributed by atoms with van der Waals surface area (Å²) in [4.78, 5) is 10.1.